The fourth-order valence-electron chi connectivity index (χ4n) is 4.70. The fourth-order valence-corrected chi connectivity index (χ4v) is 4.70. The van der Waals surface area contributed by atoms with Crippen molar-refractivity contribution in [2.45, 2.75) is 77.3 Å². The van der Waals surface area contributed by atoms with Crippen molar-refractivity contribution in [1.82, 2.24) is 10.2 Å². The van der Waals surface area contributed by atoms with Gasteiger partial charge in [-0.25, -0.2) is 0 Å². The van der Waals surface area contributed by atoms with E-state index in [2.05, 4.69) is 18.3 Å². The zero-order valence-electron chi connectivity index (χ0n) is 14.2. The number of hydrogen-bond donors (Lipinski definition) is 1. The van der Waals surface area contributed by atoms with Gasteiger partial charge in [-0.15, -0.1) is 0 Å². The first-order chi connectivity index (χ1) is 11.0. The van der Waals surface area contributed by atoms with Crippen LogP contribution in [0.5, 0.6) is 0 Å². The lowest BCUT2D eigenvalue weighted by Gasteiger charge is -2.35. The summed E-state index contributed by atoms with van der Waals surface area (Å²) in [5.74, 6) is -0.243. The van der Waals surface area contributed by atoms with Crippen LogP contribution in [-0.4, -0.2) is 35.3 Å². The Morgan fingerprint density at radius 2 is 1.96 bits per heavy atom. The minimum Gasteiger partial charge on any atom is -0.343 e. The van der Waals surface area contributed by atoms with Crippen LogP contribution in [-0.2, 0) is 9.59 Å². The summed E-state index contributed by atoms with van der Waals surface area (Å²) in [6, 6.07) is 1.97. The summed E-state index contributed by atoms with van der Waals surface area (Å²) in [5.41, 5.74) is -0.988. The number of nitrogens with one attached hydrogen (secondary N) is 1. The molecule has 3 atom stereocenters. The van der Waals surface area contributed by atoms with Crippen molar-refractivity contribution >= 4 is 11.8 Å². The Balaban J connectivity index is 1.63. The number of piperidine rings is 1. The summed E-state index contributed by atoms with van der Waals surface area (Å²) < 4.78 is 0. The Kier molecular flexibility index (Phi) is 4.12. The molecule has 1 spiro atoms. The predicted molar refractivity (Wildman–Crippen MR) is 86.2 cm³/mol. The van der Waals surface area contributed by atoms with Crippen molar-refractivity contribution in [3.8, 4) is 6.07 Å². The highest BCUT2D eigenvalue weighted by Gasteiger charge is 2.72. The third-order valence-corrected chi connectivity index (χ3v) is 6.33. The summed E-state index contributed by atoms with van der Waals surface area (Å²) in [7, 11) is 0. The third-order valence-electron chi connectivity index (χ3n) is 6.33. The van der Waals surface area contributed by atoms with E-state index in [-0.39, 0.29) is 23.3 Å². The predicted octanol–water partition coefficient (Wildman–Crippen LogP) is 2.37. The second kappa shape index (κ2) is 5.81. The van der Waals surface area contributed by atoms with Gasteiger partial charge in [-0.3, -0.25) is 9.59 Å². The molecule has 3 rings (SSSR count). The molecule has 2 amide bonds. The number of amides is 2. The number of nitrogens with zero attached hydrogens (tertiary/aromatic N) is 2. The SMILES string of the molecule is CC(NC(=O)C1(C#N)CC12CCCC2)C(=O)N1CCCCC1C. The van der Waals surface area contributed by atoms with Gasteiger partial charge in [0.1, 0.15) is 11.5 Å². The van der Waals surface area contributed by atoms with E-state index >= 15 is 0 Å². The second-order valence-electron chi connectivity index (χ2n) is 7.75. The molecule has 0 aromatic carbocycles. The smallest absolute Gasteiger partial charge is 0.245 e. The molecule has 1 aliphatic heterocycles. The van der Waals surface area contributed by atoms with Crippen molar-refractivity contribution in [3.05, 3.63) is 0 Å². The van der Waals surface area contributed by atoms with Gasteiger partial charge in [-0.2, -0.15) is 5.26 Å². The normalized spacial score (nSPS) is 33.1. The zero-order valence-corrected chi connectivity index (χ0v) is 14.2. The Hall–Kier alpha value is -1.57. The molecular formula is C18H27N3O2. The summed E-state index contributed by atoms with van der Waals surface area (Å²) >= 11 is 0. The molecular weight excluding hydrogens is 290 g/mol. The molecule has 126 valence electrons. The first-order valence-corrected chi connectivity index (χ1v) is 8.98. The van der Waals surface area contributed by atoms with E-state index in [0.29, 0.717) is 6.42 Å². The minimum absolute atomic E-state index is 0.0141. The standard InChI is InChI=1S/C18H27N3O2/c1-13-7-3-6-10-21(13)15(22)14(2)20-16(23)18(12-19)11-17(18)8-4-5-9-17/h13-14H,3-11H2,1-2H3,(H,20,23). The third kappa shape index (κ3) is 2.52. The highest BCUT2D eigenvalue weighted by molar-refractivity contribution is 5.94. The molecule has 2 aliphatic carbocycles. The van der Waals surface area contributed by atoms with Crippen LogP contribution in [0.2, 0.25) is 0 Å². The maximum atomic E-state index is 12.7. The summed E-state index contributed by atoms with van der Waals surface area (Å²) in [5, 5.41) is 12.4. The molecule has 3 fully saturated rings. The molecule has 5 nitrogen and oxygen atoms in total. The lowest BCUT2D eigenvalue weighted by atomic mass is 9.91. The maximum Gasteiger partial charge on any atom is 0.245 e. The van der Waals surface area contributed by atoms with Crippen LogP contribution in [0.1, 0.15) is 65.2 Å². The Morgan fingerprint density at radius 1 is 1.26 bits per heavy atom. The number of nitriles is 1. The fraction of sp³-hybridized carbons (Fsp3) is 0.833. The second-order valence-corrected chi connectivity index (χ2v) is 7.75. The van der Waals surface area contributed by atoms with Crippen LogP contribution in [0, 0.1) is 22.2 Å². The molecule has 23 heavy (non-hydrogen) atoms. The van der Waals surface area contributed by atoms with Gasteiger partial charge in [0, 0.05) is 18.0 Å². The van der Waals surface area contributed by atoms with Gasteiger partial charge < -0.3 is 10.2 Å². The van der Waals surface area contributed by atoms with E-state index in [1.54, 1.807) is 6.92 Å². The van der Waals surface area contributed by atoms with Crippen LogP contribution in [0.3, 0.4) is 0 Å². The van der Waals surface area contributed by atoms with Crippen molar-refractivity contribution < 1.29 is 9.59 Å². The van der Waals surface area contributed by atoms with Crippen LogP contribution < -0.4 is 5.32 Å². The van der Waals surface area contributed by atoms with Crippen LogP contribution in [0.25, 0.3) is 0 Å². The van der Waals surface area contributed by atoms with Gasteiger partial charge in [0.2, 0.25) is 11.8 Å². The summed E-state index contributed by atoms with van der Waals surface area (Å²) in [4.78, 5) is 27.2. The summed E-state index contributed by atoms with van der Waals surface area (Å²) in [6.07, 6.45) is 8.04. The Morgan fingerprint density at radius 3 is 2.57 bits per heavy atom. The van der Waals surface area contributed by atoms with E-state index < -0.39 is 11.5 Å². The first kappa shape index (κ1) is 16.3. The quantitative estimate of drug-likeness (QED) is 0.868. The maximum absolute atomic E-state index is 12.7. The average Bonchev–Trinajstić information content (AvgIpc) is 2.93. The van der Waals surface area contributed by atoms with Gasteiger partial charge in [-0.05, 0) is 52.4 Å². The number of carbonyl (C=O) groups excluding carboxylic acids is 2. The number of rotatable bonds is 3. The van der Waals surface area contributed by atoms with E-state index in [1.165, 1.54) is 0 Å². The molecule has 2 saturated carbocycles. The van der Waals surface area contributed by atoms with Crippen molar-refractivity contribution in [2.75, 3.05) is 6.54 Å². The Labute approximate surface area is 138 Å². The topological polar surface area (TPSA) is 73.2 Å². The van der Waals surface area contributed by atoms with Gasteiger partial charge >= 0.3 is 0 Å². The Bertz CT molecular complexity index is 547. The molecule has 1 saturated heterocycles. The van der Waals surface area contributed by atoms with Gasteiger partial charge in [0.15, 0.2) is 0 Å². The number of carbonyl (C=O) groups is 2. The van der Waals surface area contributed by atoms with Crippen LogP contribution in [0.15, 0.2) is 0 Å². The van der Waals surface area contributed by atoms with Crippen LogP contribution in [0.4, 0.5) is 0 Å². The highest BCUT2D eigenvalue weighted by Crippen LogP contribution is 2.71. The van der Waals surface area contributed by atoms with Crippen LogP contribution >= 0.6 is 0 Å². The molecule has 3 aliphatic rings. The molecule has 1 N–H and O–H groups in total. The van der Waals surface area contributed by atoms with Gasteiger partial charge in [0.05, 0.1) is 6.07 Å². The number of hydrogen-bond acceptors (Lipinski definition) is 3. The van der Waals surface area contributed by atoms with E-state index in [4.69, 9.17) is 0 Å². The first-order valence-electron chi connectivity index (χ1n) is 8.98. The molecule has 0 aromatic rings. The van der Waals surface area contributed by atoms with E-state index in [0.717, 1.165) is 51.5 Å². The molecule has 1 heterocycles. The lowest BCUT2D eigenvalue weighted by Crippen LogP contribution is -2.52. The molecule has 3 unspecified atom stereocenters. The summed E-state index contributed by atoms with van der Waals surface area (Å²) in [6.45, 7) is 4.58. The van der Waals surface area contributed by atoms with Crippen molar-refractivity contribution in [2.24, 2.45) is 10.8 Å². The molecule has 0 bridgehead atoms. The minimum atomic E-state index is -0.883. The molecule has 0 aromatic heterocycles. The van der Waals surface area contributed by atoms with Gasteiger partial charge in [-0.1, -0.05) is 12.8 Å². The zero-order chi connectivity index (χ0) is 16.7. The largest absolute Gasteiger partial charge is 0.343 e. The molecule has 0 radical (unpaired) electrons. The van der Waals surface area contributed by atoms with E-state index in [9.17, 15) is 14.9 Å². The van der Waals surface area contributed by atoms with Crippen molar-refractivity contribution in [1.29, 1.82) is 5.26 Å². The number of likely N-dealkylation sites (tertiary alicyclic amines) is 1. The lowest BCUT2D eigenvalue weighted by molar-refractivity contribution is -0.139. The van der Waals surface area contributed by atoms with Gasteiger partial charge in [0.25, 0.3) is 0 Å². The highest BCUT2D eigenvalue weighted by atomic mass is 16.2. The monoisotopic (exact) mass is 317 g/mol. The van der Waals surface area contributed by atoms with E-state index in [1.807, 2.05) is 4.90 Å². The molecule has 5 heteroatoms. The van der Waals surface area contributed by atoms with Crippen molar-refractivity contribution in [3.63, 3.8) is 0 Å². The average molecular weight is 317 g/mol.